The van der Waals surface area contributed by atoms with Crippen molar-refractivity contribution in [1.82, 2.24) is 15.0 Å². The molecule has 0 saturated heterocycles. The number of hydrogen-bond donors (Lipinski definition) is 1. The Kier molecular flexibility index (Phi) is 5.05. The fourth-order valence-corrected chi connectivity index (χ4v) is 5.62. The van der Waals surface area contributed by atoms with E-state index in [9.17, 15) is 8.42 Å². The lowest BCUT2D eigenvalue weighted by Crippen LogP contribution is -2.30. The highest BCUT2D eigenvalue weighted by Gasteiger charge is 2.26. The van der Waals surface area contributed by atoms with Crippen molar-refractivity contribution in [2.75, 3.05) is 9.62 Å². The monoisotopic (exact) mass is 447 g/mol. The van der Waals surface area contributed by atoms with Crippen LogP contribution in [0.2, 0.25) is 0 Å². The fraction of sp³-hybridized carbons (Fsp3) is 0.0455. The first-order chi connectivity index (χ1) is 15.1. The number of rotatable bonds is 5. The van der Waals surface area contributed by atoms with Crippen molar-refractivity contribution in [2.45, 2.75) is 21.4 Å². The van der Waals surface area contributed by atoms with Crippen molar-refractivity contribution >= 4 is 39.0 Å². The topological polar surface area (TPSA) is 88.1 Å². The van der Waals surface area contributed by atoms with Gasteiger partial charge >= 0.3 is 0 Å². The summed E-state index contributed by atoms with van der Waals surface area (Å²) < 4.78 is 28.3. The summed E-state index contributed by atoms with van der Waals surface area (Å²) in [6.07, 6.45) is 6.47. The number of hydrogen-bond acceptors (Lipinski definition) is 7. The highest BCUT2D eigenvalue weighted by Crippen LogP contribution is 2.42. The van der Waals surface area contributed by atoms with E-state index in [0.717, 1.165) is 21.2 Å². The van der Waals surface area contributed by atoms with E-state index < -0.39 is 10.0 Å². The molecular formula is C22H17N5O2S2. The van der Waals surface area contributed by atoms with Crippen LogP contribution in [-0.2, 0) is 16.6 Å². The van der Waals surface area contributed by atoms with E-state index in [1.54, 1.807) is 67.3 Å². The highest BCUT2D eigenvalue weighted by molar-refractivity contribution is 7.99. The molecule has 31 heavy (non-hydrogen) atoms. The Morgan fingerprint density at radius 3 is 2.58 bits per heavy atom. The average molecular weight is 448 g/mol. The normalized spacial score (nSPS) is 12.4. The Hall–Kier alpha value is -3.43. The van der Waals surface area contributed by atoms with Crippen molar-refractivity contribution in [3.63, 3.8) is 0 Å². The van der Waals surface area contributed by atoms with E-state index in [1.807, 2.05) is 18.2 Å². The lowest BCUT2D eigenvalue weighted by atomic mass is 10.2. The summed E-state index contributed by atoms with van der Waals surface area (Å²) in [6, 6.07) is 17.7. The number of aromatic nitrogens is 3. The first-order valence-corrected chi connectivity index (χ1v) is 11.7. The molecule has 0 amide bonds. The van der Waals surface area contributed by atoms with E-state index in [0.29, 0.717) is 11.5 Å². The Morgan fingerprint density at radius 1 is 0.935 bits per heavy atom. The predicted molar refractivity (Wildman–Crippen MR) is 120 cm³/mol. The standard InChI is InChI=1S/C22H17N5O2S2/c28-31(29,18-6-2-1-3-7-18)27(17-5-4-10-23-14-17)15-16-8-9-20-19(13-16)26-21-22(30-20)25-12-11-24-21/h1-14H,15H2,(H,24,26). The lowest BCUT2D eigenvalue weighted by Gasteiger charge is -2.25. The van der Waals surface area contributed by atoms with Gasteiger partial charge in [0.2, 0.25) is 0 Å². The van der Waals surface area contributed by atoms with Crippen molar-refractivity contribution < 1.29 is 8.42 Å². The van der Waals surface area contributed by atoms with Crippen LogP contribution in [0.5, 0.6) is 0 Å². The largest absolute Gasteiger partial charge is 0.337 e. The summed E-state index contributed by atoms with van der Waals surface area (Å²) in [4.78, 5) is 14.0. The quantitative estimate of drug-likeness (QED) is 0.425. The summed E-state index contributed by atoms with van der Waals surface area (Å²) >= 11 is 1.53. The average Bonchev–Trinajstić information content (AvgIpc) is 2.82. The van der Waals surface area contributed by atoms with Gasteiger partial charge in [-0.1, -0.05) is 36.0 Å². The van der Waals surface area contributed by atoms with Gasteiger partial charge in [0.1, 0.15) is 5.03 Å². The zero-order valence-electron chi connectivity index (χ0n) is 16.2. The van der Waals surface area contributed by atoms with E-state index in [1.165, 1.54) is 16.1 Å². The van der Waals surface area contributed by atoms with E-state index in [-0.39, 0.29) is 11.4 Å². The summed E-state index contributed by atoms with van der Waals surface area (Å²) in [5, 5.41) is 4.10. The second-order valence-electron chi connectivity index (χ2n) is 6.80. The molecule has 0 spiro atoms. The van der Waals surface area contributed by atoms with E-state index in [2.05, 4.69) is 20.3 Å². The van der Waals surface area contributed by atoms with Gasteiger partial charge in [0.15, 0.2) is 5.82 Å². The van der Waals surface area contributed by atoms with Crippen LogP contribution in [0.4, 0.5) is 17.2 Å². The summed E-state index contributed by atoms with van der Waals surface area (Å²) in [5.74, 6) is 0.693. The molecule has 5 rings (SSSR count). The summed E-state index contributed by atoms with van der Waals surface area (Å²) in [5.41, 5.74) is 2.21. The van der Waals surface area contributed by atoms with Gasteiger partial charge in [0.25, 0.3) is 10.0 Å². The minimum atomic E-state index is -3.78. The molecule has 3 heterocycles. The number of pyridine rings is 1. The second kappa shape index (κ2) is 8.01. The molecule has 0 aliphatic carbocycles. The third-order valence-corrected chi connectivity index (χ3v) is 7.62. The van der Waals surface area contributed by atoms with Crippen LogP contribution in [0.1, 0.15) is 5.56 Å². The first kappa shape index (κ1) is 19.5. The molecule has 0 fully saturated rings. The summed E-state index contributed by atoms with van der Waals surface area (Å²) in [6.45, 7) is 0.163. The number of anilines is 3. The SMILES string of the molecule is O=S(=O)(c1ccccc1)N(Cc1ccc2c(c1)Nc1nccnc1S2)c1cccnc1. The van der Waals surface area contributed by atoms with Crippen molar-refractivity contribution in [3.05, 3.63) is 91.0 Å². The minimum absolute atomic E-state index is 0.163. The Labute approximate surface area is 184 Å². The van der Waals surface area contributed by atoms with Gasteiger partial charge in [-0.2, -0.15) is 0 Å². The van der Waals surface area contributed by atoms with Gasteiger partial charge in [-0.3, -0.25) is 9.29 Å². The van der Waals surface area contributed by atoms with Gasteiger partial charge in [-0.15, -0.1) is 0 Å². The molecule has 0 saturated carbocycles. The van der Waals surface area contributed by atoms with Crippen molar-refractivity contribution in [1.29, 1.82) is 0 Å². The Bertz CT molecular complexity index is 1330. The van der Waals surface area contributed by atoms with Gasteiger partial charge < -0.3 is 5.32 Å². The molecule has 2 aromatic carbocycles. The second-order valence-corrected chi connectivity index (χ2v) is 9.70. The van der Waals surface area contributed by atoms with Gasteiger partial charge in [0.05, 0.1) is 29.0 Å². The smallest absolute Gasteiger partial charge is 0.264 e. The molecule has 0 bridgehead atoms. The number of fused-ring (bicyclic) bond motifs is 2. The molecule has 9 heteroatoms. The molecule has 1 N–H and O–H groups in total. The molecule has 4 aromatic rings. The Balaban J connectivity index is 1.51. The van der Waals surface area contributed by atoms with Crippen LogP contribution in [0.15, 0.2) is 100 Å². The van der Waals surface area contributed by atoms with Gasteiger partial charge in [-0.25, -0.2) is 18.4 Å². The minimum Gasteiger partial charge on any atom is -0.337 e. The van der Waals surface area contributed by atoms with Crippen LogP contribution in [0.3, 0.4) is 0 Å². The zero-order chi connectivity index (χ0) is 21.3. The van der Waals surface area contributed by atoms with Crippen molar-refractivity contribution in [2.24, 2.45) is 0 Å². The molecule has 0 radical (unpaired) electrons. The van der Waals surface area contributed by atoms with Crippen LogP contribution in [-0.4, -0.2) is 23.4 Å². The van der Waals surface area contributed by atoms with E-state index >= 15 is 0 Å². The Morgan fingerprint density at radius 2 is 1.77 bits per heavy atom. The molecule has 2 aromatic heterocycles. The van der Waals surface area contributed by atoms with Crippen LogP contribution in [0.25, 0.3) is 0 Å². The third-order valence-electron chi connectivity index (χ3n) is 4.76. The van der Waals surface area contributed by atoms with Gasteiger partial charge in [-0.05, 0) is 42.0 Å². The maximum absolute atomic E-state index is 13.4. The predicted octanol–water partition coefficient (Wildman–Crippen LogP) is 4.48. The maximum atomic E-state index is 13.4. The molecule has 1 aliphatic rings. The molecule has 7 nitrogen and oxygen atoms in total. The molecular weight excluding hydrogens is 430 g/mol. The number of nitrogens with zero attached hydrogens (tertiary/aromatic N) is 4. The number of nitrogens with one attached hydrogen (secondary N) is 1. The molecule has 1 aliphatic heterocycles. The molecule has 0 unspecified atom stereocenters. The van der Waals surface area contributed by atoms with E-state index in [4.69, 9.17) is 0 Å². The fourth-order valence-electron chi connectivity index (χ4n) is 3.28. The van der Waals surface area contributed by atoms with Crippen LogP contribution in [0, 0.1) is 0 Å². The lowest BCUT2D eigenvalue weighted by molar-refractivity contribution is 0.590. The first-order valence-electron chi connectivity index (χ1n) is 9.48. The third kappa shape index (κ3) is 3.85. The summed E-state index contributed by atoms with van der Waals surface area (Å²) in [7, 11) is -3.78. The number of benzene rings is 2. The molecule has 0 atom stereocenters. The zero-order valence-corrected chi connectivity index (χ0v) is 17.8. The van der Waals surface area contributed by atoms with Crippen LogP contribution >= 0.6 is 11.8 Å². The molecule has 154 valence electrons. The van der Waals surface area contributed by atoms with Gasteiger partial charge in [0, 0.05) is 23.5 Å². The van der Waals surface area contributed by atoms with Crippen LogP contribution < -0.4 is 9.62 Å². The maximum Gasteiger partial charge on any atom is 0.264 e. The number of sulfonamides is 1. The highest BCUT2D eigenvalue weighted by atomic mass is 32.2. The van der Waals surface area contributed by atoms with Crippen molar-refractivity contribution in [3.8, 4) is 0 Å².